The summed E-state index contributed by atoms with van der Waals surface area (Å²) in [6, 6.07) is 0. The van der Waals surface area contributed by atoms with E-state index in [0.717, 1.165) is 0 Å². The minimum Gasteiger partial charge on any atom is -0.476 e. The summed E-state index contributed by atoms with van der Waals surface area (Å²) in [5, 5.41) is 18.3. The van der Waals surface area contributed by atoms with Crippen LogP contribution in [0.1, 0.15) is 10.5 Å². The number of nitrogens with zero attached hydrogens (tertiary/aromatic N) is 3. The van der Waals surface area contributed by atoms with Gasteiger partial charge in [-0.15, -0.1) is 0 Å². The number of nitrogens with one attached hydrogen (secondary N) is 1. The highest BCUT2D eigenvalue weighted by molar-refractivity contribution is 5.90. The van der Waals surface area contributed by atoms with E-state index in [9.17, 15) is 4.79 Å². The number of aromatic carboxylic acids is 1. The lowest BCUT2D eigenvalue weighted by atomic mass is 10.4. The fraction of sp³-hybridized carbons (Fsp3) is 0.167. The van der Waals surface area contributed by atoms with Crippen LogP contribution in [0, 0.1) is 0 Å². The lowest BCUT2D eigenvalue weighted by molar-refractivity contribution is 0.0685. The second kappa shape index (κ2) is 2.77. The Morgan fingerprint density at radius 3 is 3.15 bits per heavy atom. The molecule has 0 unspecified atom stereocenters. The molecule has 1 aliphatic heterocycles. The molecule has 1 aromatic rings. The van der Waals surface area contributed by atoms with Gasteiger partial charge in [0.15, 0.2) is 0 Å². The SMILES string of the molecule is O=C(O)c1nonc1N1C=CNC1. The maximum Gasteiger partial charge on any atom is 0.362 e. The van der Waals surface area contributed by atoms with Crippen molar-refractivity contribution in [2.45, 2.75) is 0 Å². The van der Waals surface area contributed by atoms with E-state index >= 15 is 0 Å². The number of anilines is 1. The number of carboxylic acid groups (broad SMARTS) is 1. The minimum atomic E-state index is -1.16. The van der Waals surface area contributed by atoms with Gasteiger partial charge in [0.25, 0.3) is 0 Å². The van der Waals surface area contributed by atoms with Crippen LogP contribution in [0.25, 0.3) is 0 Å². The first-order valence-corrected chi connectivity index (χ1v) is 3.51. The quantitative estimate of drug-likeness (QED) is 0.643. The Kier molecular flexibility index (Phi) is 1.62. The van der Waals surface area contributed by atoms with E-state index in [4.69, 9.17) is 5.11 Å². The van der Waals surface area contributed by atoms with Crippen molar-refractivity contribution >= 4 is 11.8 Å². The average Bonchev–Trinajstić information content (AvgIpc) is 2.74. The van der Waals surface area contributed by atoms with Gasteiger partial charge in [0.2, 0.25) is 11.5 Å². The third-order valence-electron chi connectivity index (χ3n) is 1.58. The van der Waals surface area contributed by atoms with Crippen LogP contribution in [0.15, 0.2) is 17.0 Å². The summed E-state index contributed by atoms with van der Waals surface area (Å²) in [6.45, 7) is 0.467. The Morgan fingerprint density at radius 1 is 1.69 bits per heavy atom. The van der Waals surface area contributed by atoms with Crippen molar-refractivity contribution in [2.75, 3.05) is 11.6 Å². The molecular weight excluding hydrogens is 176 g/mol. The molecule has 0 amide bonds. The molecule has 7 heteroatoms. The summed E-state index contributed by atoms with van der Waals surface area (Å²) in [6.07, 6.45) is 3.34. The maximum atomic E-state index is 10.6. The summed E-state index contributed by atoms with van der Waals surface area (Å²) < 4.78 is 4.34. The van der Waals surface area contributed by atoms with Crippen molar-refractivity contribution in [3.8, 4) is 0 Å². The normalized spacial score (nSPS) is 14.6. The molecule has 13 heavy (non-hydrogen) atoms. The molecule has 0 spiro atoms. The molecule has 0 fully saturated rings. The van der Waals surface area contributed by atoms with Crippen LogP contribution >= 0.6 is 0 Å². The monoisotopic (exact) mass is 182 g/mol. The topological polar surface area (TPSA) is 91.5 Å². The number of rotatable bonds is 2. The van der Waals surface area contributed by atoms with E-state index in [1.54, 1.807) is 17.3 Å². The second-order valence-corrected chi connectivity index (χ2v) is 2.39. The van der Waals surface area contributed by atoms with E-state index in [1.807, 2.05) is 0 Å². The molecule has 7 nitrogen and oxygen atoms in total. The lowest BCUT2D eigenvalue weighted by Gasteiger charge is -2.09. The van der Waals surface area contributed by atoms with Crippen LogP contribution in [-0.2, 0) is 0 Å². The molecule has 68 valence electrons. The highest BCUT2D eigenvalue weighted by atomic mass is 16.6. The van der Waals surface area contributed by atoms with Crippen molar-refractivity contribution in [2.24, 2.45) is 0 Å². The van der Waals surface area contributed by atoms with E-state index in [0.29, 0.717) is 6.67 Å². The van der Waals surface area contributed by atoms with Gasteiger partial charge in [0.1, 0.15) is 0 Å². The Balaban J connectivity index is 2.33. The van der Waals surface area contributed by atoms with Crippen LogP contribution in [0.2, 0.25) is 0 Å². The zero-order valence-corrected chi connectivity index (χ0v) is 6.47. The molecule has 1 aromatic heterocycles. The predicted octanol–water partition coefficient (Wildman–Crippen LogP) is -0.394. The van der Waals surface area contributed by atoms with Gasteiger partial charge in [0.05, 0.1) is 6.67 Å². The first-order valence-electron chi connectivity index (χ1n) is 3.51. The van der Waals surface area contributed by atoms with Gasteiger partial charge in [0, 0.05) is 12.4 Å². The van der Waals surface area contributed by atoms with Crippen molar-refractivity contribution < 1.29 is 14.5 Å². The van der Waals surface area contributed by atoms with E-state index < -0.39 is 5.97 Å². The number of carboxylic acids is 1. The smallest absolute Gasteiger partial charge is 0.362 e. The maximum absolute atomic E-state index is 10.6. The van der Waals surface area contributed by atoms with Crippen LogP contribution in [0.5, 0.6) is 0 Å². The van der Waals surface area contributed by atoms with Gasteiger partial charge in [-0.2, -0.15) is 0 Å². The summed E-state index contributed by atoms with van der Waals surface area (Å²) >= 11 is 0. The summed E-state index contributed by atoms with van der Waals surface area (Å²) in [7, 11) is 0. The van der Waals surface area contributed by atoms with E-state index in [1.165, 1.54) is 0 Å². The lowest BCUT2D eigenvalue weighted by Crippen LogP contribution is -2.21. The molecule has 0 radical (unpaired) electrons. The largest absolute Gasteiger partial charge is 0.476 e. The van der Waals surface area contributed by atoms with Gasteiger partial charge in [-0.05, 0) is 10.3 Å². The molecule has 2 N–H and O–H groups in total. The van der Waals surface area contributed by atoms with E-state index in [2.05, 4.69) is 20.3 Å². The number of aromatic nitrogens is 2. The first-order chi connectivity index (χ1) is 6.29. The molecule has 1 aliphatic rings. The Bertz CT molecular complexity index is 359. The van der Waals surface area contributed by atoms with Crippen molar-refractivity contribution in [3.63, 3.8) is 0 Å². The van der Waals surface area contributed by atoms with Crippen molar-refractivity contribution in [3.05, 3.63) is 18.1 Å². The zero-order chi connectivity index (χ0) is 9.26. The highest BCUT2D eigenvalue weighted by Crippen LogP contribution is 2.16. The molecule has 0 saturated heterocycles. The highest BCUT2D eigenvalue weighted by Gasteiger charge is 2.22. The van der Waals surface area contributed by atoms with Crippen LogP contribution in [0.4, 0.5) is 5.82 Å². The molecule has 2 heterocycles. The minimum absolute atomic E-state index is 0.187. The zero-order valence-electron chi connectivity index (χ0n) is 6.47. The second-order valence-electron chi connectivity index (χ2n) is 2.39. The Morgan fingerprint density at radius 2 is 2.54 bits per heavy atom. The Hall–Kier alpha value is -2.05. The Labute approximate surface area is 72.6 Å². The molecule has 0 aromatic carbocycles. The van der Waals surface area contributed by atoms with Gasteiger partial charge in [-0.1, -0.05) is 0 Å². The summed E-state index contributed by atoms with van der Waals surface area (Å²) in [4.78, 5) is 12.2. The van der Waals surface area contributed by atoms with Gasteiger partial charge < -0.3 is 15.3 Å². The van der Waals surface area contributed by atoms with Crippen molar-refractivity contribution in [1.29, 1.82) is 0 Å². The summed E-state index contributed by atoms with van der Waals surface area (Å²) in [5.74, 6) is -0.953. The van der Waals surface area contributed by atoms with Gasteiger partial charge >= 0.3 is 5.97 Å². The van der Waals surface area contributed by atoms with E-state index in [-0.39, 0.29) is 11.5 Å². The molecule has 0 atom stereocenters. The number of hydrogen-bond acceptors (Lipinski definition) is 6. The first kappa shape index (κ1) is 7.59. The van der Waals surface area contributed by atoms with Crippen molar-refractivity contribution in [1.82, 2.24) is 15.6 Å². The molecular formula is C6H6N4O3. The number of carbonyl (C=O) groups is 1. The molecule has 2 rings (SSSR count). The molecule has 0 bridgehead atoms. The number of hydrogen-bond donors (Lipinski definition) is 2. The van der Waals surface area contributed by atoms with Crippen LogP contribution in [0.3, 0.4) is 0 Å². The van der Waals surface area contributed by atoms with Crippen LogP contribution < -0.4 is 10.2 Å². The van der Waals surface area contributed by atoms with Crippen LogP contribution in [-0.4, -0.2) is 28.1 Å². The average molecular weight is 182 g/mol. The van der Waals surface area contributed by atoms with Gasteiger partial charge in [-0.25, -0.2) is 9.42 Å². The molecule has 0 aliphatic carbocycles. The third kappa shape index (κ3) is 1.19. The molecule has 0 saturated carbocycles. The summed E-state index contributed by atoms with van der Waals surface area (Å²) in [5.41, 5.74) is -0.187. The fourth-order valence-electron chi connectivity index (χ4n) is 0.999. The predicted molar refractivity (Wildman–Crippen MR) is 40.9 cm³/mol. The van der Waals surface area contributed by atoms with Gasteiger partial charge in [-0.3, -0.25) is 0 Å². The fourth-order valence-corrected chi connectivity index (χ4v) is 0.999. The third-order valence-corrected chi connectivity index (χ3v) is 1.58. The standard InChI is InChI=1S/C6H6N4O3/c11-6(12)4-5(9-13-8-4)10-2-1-7-3-10/h1-2,7H,3H2,(H,11,12).